The van der Waals surface area contributed by atoms with Crippen LogP contribution >= 0.6 is 35.8 Å². The molecule has 2 atom stereocenters. The molecule has 2 aliphatic rings. The Hall–Kier alpha value is -0.380. The summed E-state index contributed by atoms with van der Waals surface area (Å²) in [6.07, 6.45) is 5.20. The smallest absolute Gasteiger partial charge is 0.157 e. The molecule has 1 N–H and O–H groups in total. The van der Waals surface area contributed by atoms with Gasteiger partial charge < -0.3 is 5.32 Å². The number of amidine groups is 1. The molecule has 0 spiro atoms. The van der Waals surface area contributed by atoms with Gasteiger partial charge in [0.25, 0.3) is 0 Å². The molecule has 0 radical (unpaired) electrons. The second-order valence-corrected chi connectivity index (χ2v) is 6.36. The molecule has 0 amide bonds. The summed E-state index contributed by atoms with van der Waals surface area (Å²) in [5, 5.41) is 5.48. The Morgan fingerprint density at radius 1 is 1.32 bits per heavy atom. The highest BCUT2D eigenvalue weighted by molar-refractivity contribution is 8.13. The van der Waals surface area contributed by atoms with Gasteiger partial charge in [0.2, 0.25) is 0 Å². The molecule has 1 aliphatic heterocycles. The van der Waals surface area contributed by atoms with E-state index in [9.17, 15) is 0 Å². The minimum absolute atomic E-state index is 0. The molecule has 104 valence electrons. The third-order valence-electron chi connectivity index (χ3n) is 3.59. The number of benzene rings is 1. The van der Waals surface area contributed by atoms with Crippen molar-refractivity contribution in [1.29, 1.82) is 0 Å². The topological polar surface area (TPSA) is 24.4 Å². The molecule has 1 heterocycles. The number of fused-ring (bicyclic) bond motifs is 1. The fourth-order valence-electron chi connectivity index (χ4n) is 2.64. The normalized spacial score (nSPS) is 25.0. The van der Waals surface area contributed by atoms with E-state index in [1.165, 1.54) is 31.2 Å². The molecule has 1 aromatic rings. The minimum Gasteiger partial charge on any atom is -0.360 e. The van der Waals surface area contributed by atoms with Crippen molar-refractivity contribution in [3.63, 3.8) is 0 Å². The van der Waals surface area contributed by atoms with Gasteiger partial charge in [-0.25, -0.2) is 0 Å². The van der Waals surface area contributed by atoms with Crippen molar-refractivity contribution < 1.29 is 0 Å². The van der Waals surface area contributed by atoms with Crippen LogP contribution in [0.4, 0.5) is 0 Å². The molecule has 2 unspecified atom stereocenters. The van der Waals surface area contributed by atoms with E-state index in [-0.39, 0.29) is 12.4 Å². The number of thioether (sulfide) groups is 1. The van der Waals surface area contributed by atoms with Crippen LogP contribution < -0.4 is 5.32 Å². The zero-order chi connectivity index (χ0) is 12.4. The molecule has 1 aliphatic carbocycles. The summed E-state index contributed by atoms with van der Waals surface area (Å²) < 4.78 is 0. The summed E-state index contributed by atoms with van der Waals surface area (Å²) in [4.78, 5) is 4.78. The van der Waals surface area contributed by atoms with Crippen molar-refractivity contribution in [2.45, 2.75) is 43.5 Å². The van der Waals surface area contributed by atoms with Gasteiger partial charge in [0.15, 0.2) is 5.17 Å². The molecule has 1 saturated carbocycles. The van der Waals surface area contributed by atoms with Crippen molar-refractivity contribution in [3.05, 3.63) is 34.9 Å². The molecular weight excluding hydrogens is 299 g/mol. The zero-order valence-electron chi connectivity index (χ0n) is 10.6. The average molecular weight is 317 g/mol. The quantitative estimate of drug-likeness (QED) is 0.881. The van der Waals surface area contributed by atoms with Gasteiger partial charge in [-0.05, 0) is 30.5 Å². The fraction of sp³-hybridized carbons (Fsp3) is 0.500. The van der Waals surface area contributed by atoms with Crippen LogP contribution in [0.1, 0.15) is 31.2 Å². The largest absolute Gasteiger partial charge is 0.360 e. The van der Waals surface area contributed by atoms with Crippen molar-refractivity contribution in [3.8, 4) is 0 Å². The zero-order valence-corrected chi connectivity index (χ0v) is 13.0. The summed E-state index contributed by atoms with van der Waals surface area (Å²) in [6, 6.07) is 9.18. The first-order valence-corrected chi connectivity index (χ1v) is 7.89. The fourth-order valence-corrected chi connectivity index (χ4v) is 3.78. The standard InChI is InChI=1S/C14H17ClN2S.ClH/c15-11-5-3-4-10(8-11)9-18-14-16-12-6-1-2-7-13(12)17-14;/h3-5,8,12-13H,1-2,6-7,9H2,(H,16,17);1H. The Morgan fingerprint density at radius 3 is 2.95 bits per heavy atom. The Morgan fingerprint density at radius 2 is 2.16 bits per heavy atom. The van der Waals surface area contributed by atoms with E-state index >= 15 is 0 Å². The Labute approximate surface area is 129 Å². The van der Waals surface area contributed by atoms with E-state index in [4.69, 9.17) is 16.6 Å². The number of aliphatic imine (C=N–C) groups is 1. The van der Waals surface area contributed by atoms with Gasteiger partial charge in [-0.3, -0.25) is 4.99 Å². The van der Waals surface area contributed by atoms with Gasteiger partial charge in [0.1, 0.15) is 0 Å². The van der Waals surface area contributed by atoms with Crippen molar-refractivity contribution in [1.82, 2.24) is 5.32 Å². The monoisotopic (exact) mass is 316 g/mol. The molecule has 2 nitrogen and oxygen atoms in total. The molecule has 1 fully saturated rings. The predicted molar refractivity (Wildman–Crippen MR) is 86.6 cm³/mol. The summed E-state index contributed by atoms with van der Waals surface area (Å²) >= 11 is 7.78. The average Bonchev–Trinajstić information content (AvgIpc) is 2.79. The lowest BCUT2D eigenvalue weighted by Gasteiger charge is -2.23. The molecule has 5 heteroatoms. The lowest BCUT2D eigenvalue weighted by molar-refractivity contribution is 0.385. The lowest BCUT2D eigenvalue weighted by Crippen LogP contribution is -2.36. The molecule has 1 aromatic carbocycles. The predicted octanol–water partition coefficient (Wildman–Crippen LogP) is 4.27. The van der Waals surface area contributed by atoms with Gasteiger partial charge in [0, 0.05) is 10.8 Å². The molecule has 3 rings (SSSR count). The maximum atomic E-state index is 5.98. The first-order valence-electron chi connectivity index (χ1n) is 6.53. The van der Waals surface area contributed by atoms with Gasteiger partial charge in [-0.2, -0.15) is 0 Å². The SMILES string of the molecule is Cl.Clc1cccc(CSC2=NC3CCCCC3N2)c1. The number of halogens is 2. The summed E-state index contributed by atoms with van der Waals surface area (Å²) in [7, 11) is 0. The van der Waals surface area contributed by atoms with Crippen LogP contribution in [0.3, 0.4) is 0 Å². The van der Waals surface area contributed by atoms with Gasteiger partial charge in [0.05, 0.1) is 12.1 Å². The van der Waals surface area contributed by atoms with Crippen molar-refractivity contribution in [2.75, 3.05) is 0 Å². The van der Waals surface area contributed by atoms with Crippen LogP contribution in [0.2, 0.25) is 5.02 Å². The molecular formula is C14H18Cl2N2S. The van der Waals surface area contributed by atoms with Crippen LogP contribution in [0.15, 0.2) is 29.3 Å². The van der Waals surface area contributed by atoms with Crippen LogP contribution in [-0.4, -0.2) is 17.3 Å². The Kier molecular flexibility index (Phi) is 5.43. The maximum absolute atomic E-state index is 5.98. The van der Waals surface area contributed by atoms with Crippen LogP contribution in [-0.2, 0) is 5.75 Å². The summed E-state index contributed by atoms with van der Waals surface area (Å²) in [5.74, 6) is 0.936. The summed E-state index contributed by atoms with van der Waals surface area (Å²) in [5.41, 5.74) is 1.26. The highest BCUT2D eigenvalue weighted by Crippen LogP contribution is 2.28. The lowest BCUT2D eigenvalue weighted by atomic mass is 9.92. The number of rotatable bonds is 2. The minimum atomic E-state index is 0. The molecule has 0 aromatic heterocycles. The number of hydrogen-bond acceptors (Lipinski definition) is 3. The van der Waals surface area contributed by atoms with Gasteiger partial charge in [-0.15, -0.1) is 12.4 Å². The Bertz CT molecular complexity index is 465. The van der Waals surface area contributed by atoms with Crippen LogP contribution in [0.25, 0.3) is 0 Å². The van der Waals surface area contributed by atoms with E-state index in [0.717, 1.165) is 15.9 Å². The van der Waals surface area contributed by atoms with Crippen molar-refractivity contribution in [2.24, 2.45) is 4.99 Å². The van der Waals surface area contributed by atoms with Gasteiger partial charge >= 0.3 is 0 Å². The highest BCUT2D eigenvalue weighted by atomic mass is 35.5. The van der Waals surface area contributed by atoms with E-state index in [1.54, 1.807) is 11.8 Å². The van der Waals surface area contributed by atoms with E-state index in [0.29, 0.717) is 12.1 Å². The molecule has 19 heavy (non-hydrogen) atoms. The second kappa shape index (κ2) is 6.87. The first-order chi connectivity index (χ1) is 8.81. The second-order valence-electron chi connectivity index (χ2n) is 4.96. The van der Waals surface area contributed by atoms with Gasteiger partial charge in [-0.1, -0.05) is 48.3 Å². The van der Waals surface area contributed by atoms with E-state index in [1.807, 2.05) is 18.2 Å². The number of nitrogens with one attached hydrogen (secondary N) is 1. The van der Waals surface area contributed by atoms with E-state index in [2.05, 4.69) is 11.4 Å². The van der Waals surface area contributed by atoms with E-state index < -0.39 is 0 Å². The maximum Gasteiger partial charge on any atom is 0.157 e. The number of hydrogen-bond donors (Lipinski definition) is 1. The molecule has 0 bridgehead atoms. The van der Waals surface area contributed by atoms with Crippen molar-refractivity contribution >= 4 is 40.9 Å². The van der Waals surface area contributed by atoms with Crippen LogP contribution in [0, 0.1) is 0 Å². The number of nitrogens with zero attached hydrogens (tertiary/aromatic N) is 1. The first kappa shape index (κ1) is 15.0. The summed E-state index contributed by atoms with van der Waals surface area (Å²) in [6.45, 7) is 0. The third kappa shape index (κ3) is 3.80. The Balaban J connectivity index is 0.00000133. The van der Waals surface area contributed by atoms with Crippen LogP contribution in [0.5, 0.6) is 0 Å². The highest BCUT2D eigenvalue weighted by Gasteiger charge is 2.30. The third-order valence-corrected chi connectivity index (χ3v) is 4.80. The molecule has 0 saturated heterocycles.